The first-order valence-corrected chi connectivity index (χ1v) is 21.4. The highest BCUT2D eigenvalue weighted by atomic mass is 31.2. The average molecular weight is 730 g/mol. The molecular formula is C40H76NO8P. The van der Waals surface area contributed by atoms with E-state index in [0.717, 1.165) is 77.0 Å². The highest BCUT2D eigenvalue weighted by molar-refractivity contribution is 7.46. The summed E-state index contributed by atoms with van der Waals surface area (Å²) in [7, 11) is 0.395. The molecule has 0 saturated carbocycles. The molecule has 0 aliphatic carbocycles. The Labute approximate surface area is 306 Å². The second-order valence-corrected chi connectivity index (χ2v) is 16.3. The van der Waals surface area contributed by atoms with Crippen molar-refractivity contribution in [3.8, 4) is 0 Å². The van der Waals surface area contributed by atoms with Crippen LogP contribution in [0.15, 0.2) is 24.3 Å². The zero-order valence-electron chi connectivity index (χ0n) is 32.7. The standard InChI is InChI=1S/C40H76NO8P/c1-6-8-10-12-14-16-18-20-22-24-26-28-30-32-37(43)40(39(45)36-42,49-50(46,47)48-35-34-41(3,4)5)38(44)33-31-29-27-25-23-21-19-17-15-13-11-9-7-2/h16-19,39,42,45H,6-15,20-36H2,1-5H3/b18-16+,19-17+/t39-/m0/s1. The van der Waals surface area contributed by atoms with Crippen molar-refractivity contribution in [2.24, 2.45) is 0 Å². The molecule has 294 valence electrons. The van der Waals surface area contributed by atoms with Crippen LogP contribution in [0.2, 0.25) is 0 Å². The molecule has 0 heterocycles. The van der Waals surface area contributed by atoms with E-state index in [4.69, 9.17) is 9.05 Å². The number of quaternary nitrogens is 1. The molecule has 2 N–H and O–H groups in total. The number of Topliss-reactive ketones (excluding diaryl/α,β-unsaturated/α-hetero) is 2. The second-order valence-electron chi connectivity index (χ2n) is 14.9. The molecule has 9 nitrogen and oxygen atoms in total. The van der Waals surface area contributed by atoms with Gasteiger partial charge in [-0.3, -0.25) is 18.7 Å². The van der Waals surface area contributed by atoms with E-state index in [1.54, 1.807) is 0 Å². The minimum absolute atomic E-state index is 0.147. The van der Waals surface area contributed by atoms with Gasteiger partial charge in [-0.1, -0.05) is 115 Å². The maximum Gasteiger partial charge on any atom is 0.269 e. The molecule has 0 saturated heterocycles. The van der Waals surface area contributed by atoms with Crippen molar-refractivity contribution < 1.29 is 42.8 Å². The molecule has 50 heavy (non-hydrogen) atoms. The molecule has 10 heteroatoms. The molecule has 0 spiro atoms. The van der Waals surface area contributed by atoms with Crippen LogP contribution in [0.5, 0.6) is 0 Å². The van der Waals surface area contributed by atoms with Gasteiger partial charge < -0.3 is 24.1 Å². The Hall–Kier alpha value is -1.19. The number of hydrogen-bond acceptors (Lipinski definition) is 8. The largest absolute Gasteiger partial charge is 0.756 e. The van der Waals surface area contributed by atoms with E-state index < -0.39 is 37.7 Å². The summed E-state index contributed by atoms with van der Waals surface area (Å²) in [6.45, 7) is 3.53. The Kier molecular flexibility index (Phi) is 29.6. The van der Waals surface area contributed by atoms with Crippen LogP contribution in [0, 0.1) is 0 Å². The zero-order valence-corrected chi connectivity index (χ0v) is 33.6. The van der Waals surface area contributed by atoms with Crippen molar-refractivity contribution in [1.82, 2.24) is 0 Å². The molecule has 0 aromatic carbocycles. The summed E-state index contributed by atoms with van der Waals surface area (Å²) in [6.07, 6.45) is 29.2. The SMILES string of the molecule is CCCCCC/C=C/CCCCCCCC(=O)C(OP(=O)([O-])OCC[N+](C)(C)C)(C(=O)CCCCCCC/C=C/CCCCCC)[C@@H](O)CO. The molecule has 0 bridgehead atoms. The lowest BCUT2D eigenvalue weighted by Crippen LogP contribution is -2.59. The zero-order chi connectivity index (χ0) is 37.6. The predicted octanol–water partition coefficient (Wildman–Crippen LogP) is 8.94. The number of rotatable bonds is 36. The van der Waals surface area contributed by atoms with Crippen molar-refractivity contribution in [3.05, 3.63) is 24.3 Å². The Morgan fingerprint density at radius 2 is 1.04 bits per heavy atom. The van der Waals surface area contributed by atoms with Gasteiger partial charge in [-0.2, -0.15) is 0 Å². The van der Waals surface area contributed by atoms with Crippen LogP contribution < -0.4 is 4.89 Å². The number of allylic oxidation sites excluding steroid dienone is 4. The monoisotopic (exact) mass is 730 g/mol. The van der Waals surface area contributed by atoms with E-state index in [0.29, 0.717) is 23.9 Å². The number of nitrogens with zero attached hydrogens (tertiary/aromatic N) is 1. The van der Waals surface area contributed by atoms with E-state index in [2.05, 4.69) is 38.2 Å². The first-order valence-electron chi connectivity index (χ1n) is 20.0. The summed E-state index contributed by atoms with van der Waals surface area (Å²) in [5, 5.41) is 20.8. The van der Waals surface area contributed by atoms with Gasteiger partial charge in [0, 0.05) is 12.8 Å². The van der Waals surface area contributed by atoms with Crippen LogP contribution in [0.4, 0.5) is 0 Å². The van der Waals surface area contributed by atoms with E-state index in [1.165, 1.54) is 51.4 Å². The Morgan fingerprint density at radius 3 is 1.40 bits per heavy atom. The Bertz CT molecular complexity index is 913. The fourth-order valence-electron chi connectivity index (χ4n) is 5.82. The van der Waals surface area contributed by atoms with Gasteiger partial charge in [-0.25, -0.2) is 0 Å². The molecule has 0 amide bonds. The van der Waals surface area contributed by atoms with Crippen LogP contribution in [0.3, 0.4) is 0 Å². The van der Waals surface area contributed by atoms with Crippen LogP contribution in [0.1, 0.15) is 168 Å². The van der Waals surface area contributed by atoms with Gasteiger partial charge >= 0.3 is 0 Å². The molecular weight excluding hydrogens is 653 g/mol. The summed E-state index contributed by atoms with van der Waals surface area (Å²) in [5.41, 5.74) is -2.73. The number of aliphatic hydroxyl groups is 2. The second kappa shape index (κ2) is 30.3. The highest BCUT2D eigenvalue weighted by Gasteiger charge is 2.53. The molecule has 1 unspecified atom stereocenters. The molecule has 0 radical (unpaired) electrons. The van der Waals surface area contributed by atoms with E-state index in [-0.39, 0.29) is 19.4 Å². The molecule has 2 atom stereocenters. The molecule has 0 rings (SSSR count). The fourth-order valence-corrected chi connectivity index (χ4v) is 6.86. The van der Waals surface area contributed by atoms with E-state index in [1.807, 2.05) is 21.1 Å². The number of carbonyl (C=O) groups is 2. The number of ketones is 2. The molecule has 0 fully saturated rings. The maximum absolute atomic E-state index is 13.7. The first kappa shape index (κ1) is 48.8. The first-order chi connectivity index (χ1) is 23.9. The molecule has 0 aliphatic heterocycles. The quantitative estimate of drug-likeness (QED) is 0.0215. The van der Waals surface area contributed by atoms with Crippen LogP contribution in [-0.2, 0) is 23.2 Å². The predicted molar refractivity (Wildman–Crippen MR) is 204 cm³/mol. The normalized spacial score (nSPS) is 14.5. The number of hydrogen-bond donors (Lipinski definition) is 2. The fraction of sp³-hybridized carbons (Fsp3) is 0.850. The van der Waals surface area contributed by atoms with Gasteiger partial charge in [0.1, 0.15) is 19.3 Å². The smallest absolute Gasteiger partial charge is 0.269 e. The number of unbranched alkanes of at least 4 members (excludes halogenated alkanes) is 18. The van der Waals surface area contributed by atoms with Gasteiger partial charge in [0.05, 0.1) is 27.7 Å². The summed E-state index contributed by atoms with van der Waals surface area (Å²) >= 11 is 0. The van der Waals surface area contributed by atoms with Gasteiger partial charge in [0.15, 0.2) is 11.6 Å². The van der Waals surface area contributed by atoms with Gasteiger partial charge in [-0.05, 0) is 64.2 Å². The van der Waals surface area contributed by atoms with Gasteiger partial charge in [-0.15, -0.1) is 0 Å². The Balaban J connectivity index is 5.16. The van der Waals surface area contributed by atoms with Crippen molar-refractivity contribution in [2.75, 3.05) is 40.9 Å². The average Bonchev–Trinajstić information content (AvgIpc) is 3.06. The third-order valence-electron chi connectivity index (χ3n) is 9.07. The summed E-state index contributed by atoms with van der Waals surface area (Å²) < 4.78 is 23.8. The summed E-state index contributed by atoms with van der Waals surface area (Å²) in [4.78, 5) is 40.4. The van der Waals surface area contributed by atoms with Crippen molar-refractivity contribution in [2.45, 2.75) is 180 Å². The highest BCUT2D eigenvalue weighted by Crippen LogP contribution is 2.46. The summed E-state index contributed by atoms with van der Waals surface area (Å²) in [5.74, 6) is -1.66. The number of phosphoric acid groups is 1. The molecule has 0 aromatic heterocycles. The van der Waals surface area contributed by atoms with Gasteiger partial charge in [0.25, 0.3) is 7.82 Å². The topological polar surface area (TPSA) is 133 Å². The van der Waals surface area contributed by atoms with Crippen molar-refractivity contribution in [3.63, 3.8) is 0 Å². The molecule has 0 aliphatic rings. The third kappa shape index (κ3) is 24.9. The lowest BCUT2D eigenvalue weighted by atomic mass is 9.82. The number of phosphoric ester groups is 1. The van der Waals surface area contributed by atoms with Crippen molar-refractivity contribution >= 4 is 19.4 Å². The minimum atomic E-state index is -5.20. The van der Waals surface area contributed by atoms with Gasteiger partial charge in [0.2, 0.25) is 5.60 Å². The van der Waals surface area contributed by atoms with E-state index in [9.17, 15) is 29.3 Å². The summed E-state index contributed by atoms with van der Waals surface area (Å²) in [6, 6.07) is 0. The Morgan fingerprint density at radius 1 is 0.680 bits per heavy atom. The van der Waals surface area contributed by atoms with Crippen molar-refractivity contribution in [1.29, 1.82) is 0 Å². The number of carbonyl (C=O) groups excluding carboxylic acids is 2. The lowest BCUT2D eigenvalue weighted by Gasteiger charge is -2.39. The van der Waals surface area contributed by atoms with Crippen LogP contribution in [0.25, 0.3) is 0 Å². The third-order valence-corrected chi connectivity index (χ3v) is 10.1. The maximum atomic E-state index is 13.7. The molecule has 0 aromatic rings. The number of likely N-dealkylation sites (N-methyl/N-ethyl adjacent to an activating group) is 1. The van der Waals surface area contributed by atoms with Crippen LogP contribution in [-0.4, -0.2) is 78.9 Å². The van der Waals surface area contributed by atoms with Crippen LogP contribution >= 0.6 is 7.82 Å². The number of aliphatic hydroxyl groups excluding tert-OH is 2. The minimum Gasteiger partial charge on any atom is -0.756 e. The van der Waals surface area contributed by atoms with E-state index >= 15 is 0 Å². The lowest BCUT2D eigenvalue weighted by molar-refractivity contribution is -0.870.